The molecule has 0 atom stereocenters. The van der Waals surface area contributed by atoms with Crippen molar-refractivity contribution in [3.63, 3.8) is 0 Å². The summed E-state index contributed by atoms with van der Waals surface area (Å²) in [6.07, 6.45) is 0.840. The van der Waals surface area contributed by atoms with Crippen molar-refractivity contribution in [2.75, 3.05) is 0 Å². The molecule has 0 radical (unpaired) electrons. The predicted molar refractivity (Wildman–Crippen MR) is 95.8 cm³/mol. The molecule has 0 N–H and O–H groups in total. The van der Waals surface area contributed by atoms with E-state index in [1.807, 2.05) is 54.6 Å². The Morgan fingerprint density at radius 2 is 1.80 bits per heavy atom. The first-order chi connectivity index (χ1) is 12.1. The number of aromatic nitrogens is 2. The van der Waals surface area contributed by atoms with Gasteiger partial charge in [-0.15, -0.1) is 5.10 Å². The second-order valence-electron chi connectivity index (χ2n) is 5.38. The van der Waals surface area contributed by atoms with Crippen LogP contribution >= 0.6 is 11.6 Å². The van der Waals surface area contributed by atoms with Crippen LogP contribution in [-0.4, -0.2) is 15.7 Å². The van der Waals surface area contributed by atoms with E-state index in [-0.39, 0.29) is 10.9 Å². The zero-order chi connectivity index (χ0) is 17.8. The second kappa shape index (κ2) is 7.40. The summed E-state index contributed by atoms with van der Waals surface area (Å²) in [5.74, 6) is -0.539. The number of hydrogen-bond donors (Lipinski definition) is 0. The van der Waals surface area contributed by atoms with Crippen molar-refractivity contribution in [2.45, 2.75) is 20.3 Å². The molecule has 1 heterocycles. The molecule has 3 rings (SSSR count). The van der Waals surface area contributed by atoms with Crippen LogP contribution < -0.4 is 4.89 Å². The van der Waals surface area contributed by atoms with E-state index in [4.69, 9.17) is 16.5 Å². The van der Waals surface area contributed by atoms with Crippen LogP contribution in [0.25, 0.3) is 16.9 Å². The lowest BCUT2D eigenvalue weighted by Crippen LogP contribution is -2.04. The zero-order valence-electron chi connectivity index (χ0n) is 13.9. The topological polar surface area (TPSA) is 53.4 Å². The summed E-state index contributed by atoms with van der Waals surface area (Å²) < 4.78 is 1.69. The Kier molecular flexibility index (Phi) is 5.05. The molecule has 0 spiro atoms. The molecule has 25 heavy (non-hydrogen) atoms. The highest BCUT2D eigenvalue weighted by molar-refractivity contribution is 6.34. The maximum Gasteiger partial charge on any atom is 0.352 e. The van der Waals surface area contributed by atoms with Crippen LogP contribution in [0.5, 0.6) is 5.88 Å². The number of hydrogen-bond acceptors (Lipinski definition) is 4. The van der Waals surface area contributed by atoms with Gasteiger partial charge in [0.25, 0.3) is 0 Å². The normalized spacial score (nSPS) is 10.5. The molecule has 2 aromatic carbocycles. The van der Waals surface area contributed by atoms with Crippen LogP contribution in [0.3, 0.4) is 0 Å². The summed E-state index contributed by atoms with van der Waals surface area (Å²) in [5.41, 5.74) is 3.58. The predicted octanol–water partition coefficient (Wildman–Crippen LogP) is 4.61. The van der Waals surface area contributed by atoms with Gasteiger partial charge in [0.1, 0.15) is 5.02 Å². The van der Waals surface area contributed by atoms with Crippen molar-refractivity contribution < 1.29 is 14.6 Å². The largest absolute Gasteiger partial charge is 0.352 e. The van der Waals surface area contributed by atoms with E-state index in [0.717, 1.165) is 23.2 Å². The number of carbonyl (C=O) groups is 1. The van der Waals surface area contributed by atoms with Gasteiger partial charge >= 0.3 is 11.8 Å². The highest BCUT2D eigenvalue weighted by atomic mass is 35.5. The molecule has 0 saturated carbocycles. The van der Waals surface area contributed by atoms with E-state index in [2.05, 4.69) is 16.9 Å². The van der Waals surface area contributed by atoms with Crippen molar-refractivity contribution in [1.29, 1.82) is 0 Å². The van der Waals surface area contributed by atoms with Crippen molar-refractivity contribution in [1.82, 2.24) is 9.78 Å². The number of benzene rings is 2. The van der Waals surface area contributed by atoms with E-state index in [9.17, 15) is 4.79 Å². The van der Waals surface area contributed by atoms with Gasteiger partial charge in [0.05, 0.1) is 11.4 Å². The summed E-state index contributed by atoms with van der Waals surface area (Å²) in [6, 6.07) is 17.5. The smallest absolute Gasteiger partial charge is 0.263 e. The molecule has 0 aliphatic carbocycles. The minimum atomic E-state index is -0.583. The number of aryl methyl sites for hydroxylation is 1. The SMILES string of the molecule is CCc1ccccc1-c1c(Cl)c(OOC(C)=O)nn1-c1ccccc1. The summed E-state index contributed by atoms with van der Waals surface area (Å²) in [5, 5.41) is 4.67. The second-order valence-corrected chi connectivity index (χ2v) is 5.76. The fourth-order valence-corrected chi connectivity index (χ4v) is 2.83. The quantitative estimate of drug-likeness (QED) is 0.494. The highest BCUT2D eigenvalue weighted by Crippen LogP contribution is 2.38. The molecule has 0 unspecified atom stereocenters. The number of halogens is 1. The molecule has 0 bridgehead atoms. The van der Waals surface area contributed by atoms with Crippen molar-refractivity contribution in [2.24, 2.45) is 0 Å². The zero-order valence-corrected chi connectivity index (χ0v) is 14.7. The van der Waals surface area contributed by atoms with Gasteiger partial charge in [0.2, 0.25) is 0 Å². The molecular weight excluding hydrogens is 340 g/mol. The first-order valence-electron chi connectivity index (χ1n) is 7.89. The summed E-state index contributed by atoms with van der Waals surface area (Å²) in [6.45, 7) is 3.32. The van der Waals surface area contributed by atoms with Gasteiger partial charge in [-0.1, -0.05) is 61.0 Å². The van der Waals surface area contributed by atoms with E-state index in [1.54, 1.807) is 4.68 Å². The molecule has 0 fully saturated rings. The van der Waals surface area contributed by atoms with Gasteiger partial charge in [0, 0.05) is 12.5 Å². The molecule has 0 amide bonds. The average molecular weight is 357 g/mol. The Bertz CT molecular complexity index is 891. The van der Waals surface area contributed by atoms with E-state index in [1.165, 1.54) is 6.92 Å². The van der Waals surface area contributed by atoms with E-state index >= 15 is 0 Å². The van der Waals surface area contributed by atoms with Gasteiger partial charge < -0.3 is 0 Å². The Morgan fingerprint density at radius 1 is 1.12 bits per heavy atom. The number of nitrogens with zero attached hydrogens (tertiary/aromatic N) is 2. The van der Waals surface area contributed by atoms with Gasteiger partial charge in [-0.05, 0) is 24.1 Å². The van der Waals surface area contributed by atoms with Crippen LogP contribution in [0.2, 0.25) is 5.02 Å². The molecule has 1 aromatic heterocycles. The number of carbonyl (C=O) groups excluding carboxylic acids is 1. The highest BCUT2D eigenvalue weighted by Gasteiger charge is 2.23. The summed E-state index contributed by atoms with van der Waals surface area (Å²) in [7, 11) is 0. The number of para-hydroxylation sites is 1. The lowest BCUT2D eigenvalue weighted by molar-refractivity contribution is -0.212. The molecule has 6 heteroatoms. The van der Waals surface area contributed by atoms with Crippen molar-refractivity contribution in [3.05, 3.63) is 65.2 Å². The van der Waals surface area contributed by atoms with Crippen LogP contribution in [0.4, 0.5) is 0 Å². The monoisotopic (exact) mass is 356 g/mol. The third kappa shape index (κ3) is 3.51. The first-order valence-corrected chi connectivity index (χ1v) is 8.27. The molecule has 5 nitrogen and oxygen atoms in total. The van der Waals surface area contributed by atoms with Gasteiger partial charge in [-0.2, -0.15) is 0 Å². The van der Waals surface area contributed by atoms with Gasteiger partial charge in [-0.3, -0.25) is 4.89 Å². The van der Waals surface area contributed by atoms with Crippen molar-refractivity contribution in [3.8, 4) is 22.8 Å². The lowest BCUT2D eigenvalue weighted by Gasteiger charge is -2.11. The fourth-order valence-electron chi connectivity index (χ4n) is 2.58. The standard InChI is InChI=1S/C19H17ClN2O3/c1-3-14-9-7-8-12-16(14)18-17(20)19(25-24-13(2)23)21-22(18)15-10-5-4-6-11-15/h4-12H,3H2,1-2H3. The maximum absolute atomic E-state index is 11.0. The minimum Gasteiger partial charge on any atom is -0.263 e. The molecular formula is C19H17ClN2O3. The van der Waals surface area contributed by atoms with E-state index in [0.29, 0.717) is 5.69 Å². The Morgan fingerprint density at radius 3 is 2.48 bits per heavy atom. The maximum atomic E-state index is 11.0. The average Bonchev–Trinajstić information content (AvgIpc) is 2.97. The summed E-state index contributed by atoms with van der Waals surface area (Å²) >= 11 is 6.53. The number of rotatable bonds is 5. The Hall–Kier alpha value is -2.79. The van der Waals surface area contributed by atoms with E-state index < -0.39 is 5.97 Å². The molecule has 0 aliphatic heterocycles. The molecule has 128 valence electrons. The first kappa shape index (κ1) is 17.0. The molecule has 3 aromatic rings. The molecule has 0 aliphatic rings. The Labute approximate surface area is 150 Å². The van der Waals surface area contributed by atoms with Gasteiger partial charge in [0.15, 0.2) is 0 Å². The third-order valence-electron chi connectivity index (χ3n) is 3.69. The minimum absolute atomic E-state index is 0.0432. The lowest BCUT2D eigenvalue weighted by atomic mass is 10.0. The third-order valence-corrected chi connectivity index (χ3v) is 4.03. The van der Waals surface area contributed by atoms with Crippen LogP contribution in [-0.2, 0) is 16.1 Å². The molecule has 0 saturated heterocycles. The van der Waals surface area contributed by atoms with Crippen LogP contribution in [0, 0.1) is 0 Å². The summed E-state index contributed by atoms with van der Waals surface area (Å²) in [4.78, 5) is 20.7. The fraction of sp³-hybridized carbons (Fsp3) is 0.158. The van der Waals surface area contributed by atoms with Crippen LogP contribution in [0.1, 0.15) is 19.4 Å². The van der Waals surface area contributed by atoms with Crippen molar-refractivity contribution >= 4 is 17.6 Å². The van der Waals surface area contributed by atoms with Crippen LogP contribution in [0.15, 0.2) is 54.6 Å². The Balaban J connectivity index is 2.19. The van der Waals surface area contributed by atoms with Gasteiger partial charge in [-0.25, -0.2) is 14.4 Å².